The largest absolute Gasteiger partial charge is 0.513 e. The van der Waals surface area contributed by atoms with Gasteiger partial charge in [0, 0.05) is 11.6 Å². The summed E-state index contributed by atoms with van der Waals surface area (Å²) >= 11 is 0. The van der Waals surface area contributed by atoms with Crippen molar-refractivity contribution in [1.29, 1.82) is 0 Å². The molecule has 0 aliphatic carbocycles. The summed E-state index contributed by atoms with van der Waals surface area (Å²) in [7, 11) is 0. The molecule has 0 aliphatic heterocycles. The summed E-state index contributed by atoms with van der Waals surface area (Å²) in [5.74, 6) is -2.60. The van der Waals surface area contributed by atoms with Crippen molar-refractivity contribution in [3.05, 3.63) is 11.6 Å². The average molecular weight is 218 g/mol. The number of hydrogen-bond acceptors (Lipinski definition) is 6. The fraction of sp³-hybridized carbons (Fsp3) is 0.143. The summed E-state index contributed by atoms with van der Waals surface area (Å²) in [6, 6.07) is 0. The molecule has 0 aliphatic rings. The molecule has 0 rings (SSSR count). The lowest BCUT2D eigenvalue weighted by Gasteiger charge is -1.97. The predicted molar refractivity (Wildman–Crippen MR) is 42.0 cm³/mol. The number of ether oxygens (including phenoxy) is 2. The van der Waals surface area contributed by atoms with Gasteiger partial charge in [0.15, 0.2) is 0 Å². The van der Waals surface area contributed by atoms with Gasteiger partial charge in [0.05, 0.1) is 0 Å². The van der Waals surface area contributed by atoms with E-state index in [0.29, 0.717) is 6.08 Å². The first-order chi connectivity index (χ1) is 6.82. The first-order valence-electron chi connectivity index (χ1n) is 3.41. The van der Waals surface area contributed by atoms with Crippen molar-refractivity contribution in [1.82, 2.24) is 0 Å². The summed E-state index contributed by atoms with van der Waals surface area (Å²) in [5, 5.41) is 16.0. The van der Waals surface area contributed by atoms with E-state index in [2.05, 4.69) is 9.47 Å². The van der Waals surface area contributed by atoms with Crippen LogP contribution in [0.3, 0.4) is 0 Å². The Morgan fingerprint density at radius 3 is 1.87 bits per heavy atom. The van der Waals surface area contributed by atoms with E-state index >= 15 is 0 Å². The summed E-state index contributed by atoms with van der Waals surface area (Å²) < 4.78 is 7.29. The summed E-state index contributed by atoms with van der Waals surface area (Å²) in [6.07, 6.45) is -3.17. The lowest BCUT2D eigenvalue weighted by atomic mass is 10.3. The van der Waals surface area contributed by atoms with Gasteiger partial charge in [-0.15, -0.1) is 0 Å². The molecule has 15 heavy (non-hydrogen) atoms. The molecule has 0 radical (unpaired) electrons. The molecule has 8 nitrogen and oxygen atoms in total. The Morgan fingerprint density at radius 1 is 1.00 bits per heavy atom. The molecular weight excluding hydrogens is 212 g/mol. The van der Waals surface area contributed by atoms with Crippen molar-refractivity contribution >= 4 is 24.2 Å². The monoisotopic (exact) mass is 218 g/mol. The molecule has 0 amide bonds. The smallest absolute Gasteiger partial charge is 0.449 e. The van der Waals surface area contributed by atoms with Gasteiger partial charge in [0.2, 0.25) is 0 Å². The average Bonchev–Trinajstić information content (AvgIpc) is 2.00. The van der Waals surface area contributed by atoms with Crippen molar-refractivity contribution in [3.8, 4) is 0 Å². The maximum absolute atomic E-state index is 10.7. The van der Waals surface area contributed by atoms with Gasteiger partial charge in [-0.3, -0.25) is 0 Å². The molecule has 0 saturated carbocycles. The molecule has 2 N–H and O–H groups in total. The number of carbonyl (C=O) groups is 4. The van der Waals surface area contributed by atoms with Crippen LogP contribution in [0.5, 0.6) is 0 Å². The summed E-state index contributed by atoms with van der Waals surface area (Å²) in [6.45, 7) is 1.06. The fourth-order valence-electron chi connectivity index (χ4n) is 0.511. The second-order valence-electron chi connectivity index (χ2n) is 2.17. The van der Waals surface area contributed by atoms with E-state index in [9.17, 15) is 19.2 Å². The third-order valence-corrected chi connectivity index (χ3v) is 1.02. The third-order valence-electron chi connectivity index (χ3n) is 1.02. The number of hydrogen-bond donors (Lipinski definition) is 2. The number of carbonyl (C=O) groups excluding carboxylic acids is 2. The highest BCUT2D eigenvalue weighted by molar-refractivity contribution is 6.00. The fourth-order valence-corrected chi connectivity index (χ4v) is 0.511. The van der Waals surface area contributed by atoms with Crippen LogP contribution >= 0.6 is 0 Å². The zero-order chi connectivity index (χ0) is 12.0. The van der Waals surface area contributed by atoms with Gasteiger partial charge in [0.25, 0.3) is 0 Å². The molecule has 0 heterocycles. The maximum Gasteiger partial charge on any atom is 0.513 e. The van der Waals surface area contributed by atoms with Crippen LogP contribution in [0.4, 0.5) is 9.59 Å². The van der Waals surface area contributed by atoms with Crippen molar-refractivity contribution in [3.63, 3.8) is 0 Å². The van der Waals surface area contributed by atoms with E-state index < -0.39 is 29.8 Å². The minimum absolute atomic E-state index is 0.399. The van der Waals surface area contributed by atoms with Gasteiger partial charge < -0.3 is 19.7 Å². The predicted octanol–water partition coefficient (Wildman–Crippen LogP) is 0.375. The molecule has 0 bridgehead atoms. The van der Waals surface area contributed by atoms with Gasteiger partial charge in [-0.1, -0.05) is 0 Å². The second kappa shape index (κ2) is 5.37. The van der Waals surface area contributed by atoms with E-state index in [1.807, 2.05) is 0 Å². The molecule has 0 aromatic carbocycles. The van der Waals surface area contributed by atoms with Crippen molar-refractivity contribution in [2.75, 3.05) is 0 Å². The first-order valence-corrected chi connectivity index (χ1v) is 3.41. The molecule has 8 heteroatoms. The maximum atomic E-state index is 10.7. The minimum atomic E-state index is -1.84. The zero-order valence-corrected chi connectivity index (χ0v) is 7.42. The zero-order valence-electron chi connectivity index (χ0n) is 7.42. The molecule has 0 spiro atoms. The minimum Gasteiger partial charge on any atom is -0.449 e. The van der Waals surface area contributed by atoms with Crippen molar-refractivity contribution < 1.29 is 38.9 Å². The Bertz CT molecular complexity index is 339. The van der Waals surface area contributed by atoms with E-state index in [4.69, 9.17) is 10.2 Å². The van der Waals surface area contributed by atoms with Gasteiger partial charge in [0.1, 0.15) is 0 Å². The first kappa shape index (κ1) is 12.6. The van der Waals surface area contributed by atoms with Crippen LogP contribution in [0.1, 0.15) is 6.92 Å². The highest BCUT2D eigenvalue weighted by Crippen LogP contribution is 1.98. The van der Waals surface area contributed by atoms with Gasteiger partial charge in [-0.2, -0.15) is 0 Å². The Kier molecular flexibility index (Phi) is 4.52. The lowest BCUT2D eigenvalue weighted by molar-refractivity contribution is -0.137. The van der Waals surface area contributed by atoms with E-state index in [1.54, 1.807) is 0 Å². The van der Waals surface area contributed by atoms with Gasteiger partial charge >= 0.3 is 24.2 Å². The van der Waals surface area contributed by atoms with Crippen molar-refractivity contribution in [2.45, 2.75) is 6.92 Å². The molecule has 0 aromatic heterocycles. The number of rotatable bonds is 2. The molecule has 0 saturated heterocycles. The molecule has 0 atom stereocenters. The van der Waals surface area contributed by atoms with Crippen LogP contribution in [0.15, 0.2) is 11.6 Å². The Hall–Kier alpha value is -2.38. The Balaban J connectivity index is 4.42. The van der Waals surface area contributed by atoms with E-state index in [-0.39, 0.29) is 0 Å². The molecule has 0 aromatic rings. The van der Waals surface area contributed by atoms with Crippen LogP contribution in [-0.4, -0.2) is 34.5 Å². The highest BCUT2D eigenvalue weighted by atomic mass is 16.7. The second-order valence-corrected chi connectivity index (χ2v) is 2.17. The molecular formula is C7H6O8. The molecule has 0 fully saturated rings. The number of carboxylic acid groups (broad SMARTS) is 2. The normalized spacial score (nSPS) is 10.3. The standard InChI is InChI=1S/C7H6O8/c1-3(5(9)15-7(12)13)2-4(8)14-6(10)11/h2H,1H3,(H,10,11)(H,12,13)/b3-2-. The van der Waals surface area contributed by atoms with E-state index in [0.717, 1.165) is 6.92 Å². The van der Waals surface area contributed by atoms with Crippen LogP contribution in [0, 0.1) is 0 Å². The van der Waals surface area contributed by atoms with Crippen LogP contribution < -0.4 is 0 Å². The topological polar surface area (TPSA) is 127 Å². The SMILES string of the molecule is C/C(=C/C(=O)OC(=O)O)C(=O)OC(=O)O. The van der Waals surface area contributed by atoms with Crippen LogP contribution in [-0.2, 0) is 19.1 Å². The Morgan fingerprint density at radius 2 is 1.47 bits per heavy atom. The lowest BCUT2D eigenvalue weighted by Crippen LogP contribution is -2.13. The van der Waals surface area contributed by atoms with E-state index in [1.165, 1.54) is 0 Å². The van der Waals surface area contributed by atoms with Crippen LogP contribution in [0.2, 0.25) is 0 Å². The third kappa shape index (κ3) is 5.80. The Labute approximate surface area is 82.7 Å². The molecule has 82 valence electrons. The summed E-state index contributed by atoms with van der Waals surface area (Å²) in [4.78, 5) is 41.1. The van der Waals surface area contributed by atoms with Crippen LogP contribution in [0.25, 0.3) is 0 Å². The highest BCUT2D eigenvalue weighted by Gasteiger charge is 2.13. The van der Waals surface area contributed by atoms with Crippen molar-refractivity contribution in [2.24, 2.45) is 0 Å². The summed E-state index contributed by atoms with van der Waals surface area (Å²) in [5.41, 5.74) is -0.399. The quantitative estimate of drug-likeness (QED) is 0.386. The van der Waals surface area contributed by atoms with Gasteiger partial charge in [-0.05, 0) is 6.92 Å². The number of esters is 2. The molecule has 0 unspecified atom stereocenters. The van der Waals surface area contributed by atoms with Gasteiger partial charge in [-0.25, -0.2) is 19.2 Å².